The van der Waals surface area contributed by atoms with Gasteiger partial charge in [-0.15, -0.1) is 5.10 Å². The van der Waals surface area contributed by atoms with Gasteiger partial charge in [0.1, 0.15) is 4.90 Å². The van der Waals surface area contributed by atoms with E-state index in [1.165, 1.54) is 30.3 Å². The van der Waals surface area contributed by atoms with Crippen LogP contribution in [0.15, 0.2) is 45.2 Å². The highest BCUT2D eigenvalue weighted by Gasteiger charge is 2.35. The summed E-state index contributed by atoms with van der Waals surface area (Å²) >= 11 is 0. The number of hydrogen-bond acceptors (Lipinski definition) is 8. The summed E-state index contributed by atoms with van der Waals surface area (Å²) < 4.78 is 77.4. The Balaban J connectivity index is 2.46. The molecule has 0 spiro atoms. The lowest BCUT2D eigenvalue weighted by molar-refractivity contribution is -0.144. The van der Waals surface area contributed by atoms with Crippen molar-refractivity contribution in [3.05, 3.63) is 41.7 Å². The van der Waals surface area contributed by atoms with E-state index in [0.717, 1.165) is 0 Å². The smallest absolute Gasteiger partial charge is 0.382 e. The number of primary sulfonamides is 1. The third-order valence-corrected chi connectivity index (χ3v) is 7.03. The van der Waals surface area contributed by atoms with Crippen LogP contribution in [0.5, 0.6) is 0 Å². The molecule has 1 atom stereocenters. The number of alkyl halides is 3. The quantitative estimate of drug-likeness (QED) is 0.112. The van der Waals surface area contributed by atoms with Crippen LogP contribution in [0.1, 0.15) is 11.4 Å². The molecule has 3 rings (SSSR count). The summed E-state index contributed by atoms with van der Waals surface area (Å²) in [6.07, 6.45) is -4.75. The lowest BCUT2D eigenvalue weighted by Crippen LogP contribution is -2.28. The lowest BCUT2D eigenvalue weighted by Gasteiger charge is -2.17. The number of hydrogen-bond donors (Lipinski definition) is 6. The molecule has 0 amide bonds. The number of aromatic nitrogens is 2. The fraction of sp³-hybridized carbons (Fsp3) is 0.176. The molecule has 0 bridgehead atoms. The van der Waals surface area contributed by atoms with E-state index < -0.39 is 43.6 Å². The van der Waals surface area contributed by atoms with Gasteiger partial charge >= 0.3 is 6.18 Å². The average molecular weight is 505 g/mol. The highest BCUT2D eigenvalue weighted by Crippen LogP contribution is 2.37. The molecule has 3 aromatic rings. The zero-order valence-electron chi connectivity index (χ0n) is 16.7. The highest BCUT2D eigenvalue weighted by atomic mass is 32.2. The fourth-order valence-corrected chi connectivity index (χ4v) is 5.67. The van der Waals surface area contributed by atoms with Crippen LogP contribution in [-0.4, -0.2) is 40.7 Å². The Morgan fingerprint density at radius 3 is 2.48 bits per heavy atom. The number of nitrogens with one attached hydrogen (secondary N) is 2. The van der Waals surface area contributed by atoms with Gasteiger partial charge in [0, 0.05) is 23.4 Å². The molecule has 0 aliphatic heterocycles. The number of nitrogens with zero attached hydrogens (tertiary/aromatic N) is 2. The first kappa shape index (κ1) is 24.6. The van der Waals surface area contributed by atoms with Gasteiger partial charge in [0.25, 0.3) is 0 Å². The van der Waals surface area contributed by atoms with Gasteiger partial charge in [-0.25, -0.2) is 29.9 Å². The van der Waals surface area contributed by atoms with Crippen molar-refractivity contribution in [3.63, 3.8) is 0 Å². The van der Waals surface area contributed by atoms with Gasteiger partial charge < -0.3 is 16.5 Å². The Kier molecular flexibility index (Phi) is 6.75. The maximum atomic E-state index is 13.2. The Morgan fingerprint density at radius 2 is 1.91 bits per heavy atom. The molecule has 1 unspecified atom stereocenters. The lowest BCUT2D eigenvalue weighted by atomic mass is 9.97. The van der Waals surface area contributed by atoms with Crippen molar-refractivity contribution < 1.29 is 25.8 Å². The summed E-state index contributed by atoms with van der Waals surface area (Å²) in [5.74, 6) is 3.39. The second-order valence-electron chi connectivity index (χ2n) is 6.61. The van der Waals surface area contributed by atoms with Crippen molar-refractivity contribution in [3.8, 4) is 11.1 Å². The molecule has 0 radical (unpaired) electrons. The molecule has 10 N–H and O–H groups in total. The Labute approximate surface area is 187 Å². The molecule has 1 aromatic heterocycles. The summed E-state index contributed by atoms with van der Waals surface area (Å²) in [6, 6.07) is 6.78. The maximum Gasteiger partial charge on any atom is 0.449 e. The number of halogens is 3. The van der Waals surface area contributed by atoms with Crippen LogP contribution in [0.2, 0.25) is 0 Å². The molecule has 0 fully saturated rings. The molecule has 0 aliphatic rings. The number of H-pyrrole nitrogens is 1. The number of benzene rings is 2. The normalized spacial score (nSPS) is 13.9. The molecule has 16 heteroatoms. The molecule has 0 aliphatic carbocycles. The van der Waals surface area contributed by atoms with Crippen LogP contribution >= 0.6 is 0 Å². The molecule has 178 valence electrons. The summed E-state index contributed by atoms with van der Waals surface area (Å²) in [5.41, 5.74) is 13.0. The van der Waals surface area contributed by atoms with Gasteiger partial charge in [0.05, 0.1) is 26.7 Å². The number of sulfonamides is 1. The number of nitrogens with two attached hydrogens (primary N) is 4. The third kappa shape index (κ3) is 4.83. The van der Waals surface area contributed by atoms with E-state index in [0.29, 0.717) is 0 Å². The SMILES string of the molecule is NCCS(=O)c1ccc(-c2cccc3[nH]c(C(F)(F)F)nc23)c(/C(N)=N/NN)c1S(N)(=O)=O. The van der Waals surface area contributed by atoms with Crippen LogP contribution in [0.3, 0.4) is 0 Å². The van der Waals surface area contributed by atoms with E-state index in [9.17, 15) is 25.8 Å². The van der Waals surface area contributed by atoms with Gasteiger partial charge in [-0.3, -0.25) is 4.21 Å². The maximum absolute atomic E-state index is 13.2. The predicted octanol–water partition coefficient (Wildman–Crippen LogP) is 0.0460. The molecule has 0 saturated carbocycles. The minimum atomic E-state index is -4.75. The molecule has 2 aromatic carbocycles. The number of hydrazone groups is 1. The van der Waals surface area contributed by atoms with E-state index in [2.05, 4.69) is 15.1 Å². The van der Waals surface area contributed by atoms with Crippen LogP contribution in [-0.2, 0) is 27.0 Å². The molecule has 11 nitrogen and oxygen atoms in total. The van der Waals surface area contributed by atoms with E-state index in [-0.39, 0.29) is 44.9 Å². The first-order valence-electron chi connectivity index (χ1n) is 9.03. The van der Waals surface area contributed by atoms with E-state index in [1.807, 2.05) is 5.53 Å². The highest BCUT2D eigenvalue weighted by molar-refractivity contribution is 7.91. The number of fused-ring (bicyclic) bond motifs is 1. The van der Waals surface area contributed by atoms with Crippen molar-refractivity contribution in [1.82, 2.24) is 15.5 Å². The van der Waals surface area contributed by atoms with E-state index in [1.54, 1.807) is 0 Å². The van der Waals surface area contributed by atoms with Gasteiger partial charge in [-0.05, 0) is 17.7 Å². The van der Waals surface area contributed by atoms with Crippen molar-refractivity contribution in [2.45, 2.75) is 16.0 Å². The Hall–Kier alpha value is -3.05. The minimum absolute atomic E-state index is 0.0194. The predicted molar refractivity (Wildman–Crippen MR) is 116 cm³/mol. The average Bonchev–Trinajstić information content (AvgIpc) is 3.17. The molecule has 33 heavy (non-hydrogen) atoms. The molecule has 1 heterocycles. The minimum Gasteiger partial charge on any atom is -0.382 e. The Morgan fingerprint density at radius 1 is 1.21 bits per heavy atom. The van der Waals surface area contributed by atoms with E-state index >= 15 is 0 Å². The van der Waals surface area contributed by atoms with Crippen molar-refractivity contribution >= 4 is 37.7 Å². The first-order chi connectivity index (χ1) is 15.4. The standard InChI is InChI=1S/C17H19F3N8O3S2/c18-17(19,20)16-25-10-3-1-2-9(13(10)26-16)8-4-5-11(32(29)7-6-21)14(33(24,30)31)12(8)15(22)27-28-23/h1-5,28H,6-7,21,23H2,(H2,22,27)(H,25,26)(H2,24,30,31). The van der Waals surface area contributed by atoms with Gasteiger partial charge in [-0.1, -0.05) is 18.2 Å². The Bertz CT molecular complexity index is 1370. The van der Waals surface area contributed by atoms with Gasteiger partial charge in [0.15, 0.2) is 5.84 Å². The van der Waals surface area contributed by atoms with Crippen LogP contribution in [0, 0.1) is 0 Å². The van der Waals surface area contributed by atoms with Crippen LogP contribution in [0.4, 0.5) is 13.2 Å². The summed E-state index contributed by atoms with van der Waals surface area (Å²) in [5, 5.41) is 9.02. The van der Waals surface area contributed by atoms with Gasteiger partial charge in [0.2, 0.25) is 15.8 Å². The number of para-hydroxylation sites is 1. The molecular formula is C17H19F3N8O3S2. The topological polar surface area (TPSA) is 208 Å². The summed E-state index contributed by atoms with van der Waals surface area (Å²) in [6.45, 7) is -0.0194. The second-order valence-corrected chi connectivity index (χ2v) is 9.65. The monoisotopic (exact) mass is 504 g/mol. The first-order valence-corrected chi connectivity index (χ1v) is 11.9. The molecule has 0 saturated heterocycles. The number of aromatic amines is 1. The number of rotatable bonds is 7. The van der Waals surface area contributed by atoms with E-state index in [4.69, 9.17) is 22.4 Å². The zero-order valence-corrected chi connectivity index (χ0v) is 18.3. The van der Waals surface area contributed by atoms with Gasteiger partial charge in [-0.2, -0.15) is 13.2 Å². The summed E-state index contributed by atoms with van der Waals surface area (Å²) in [7, 11) is -6.45. The zero-order chi connectivity index (χ0) is 24.6. The van der Waals surface area contributed by atoms with Crippen LogP contribution < -0.4 is 28.0 Å². The van der Waals surface area contributed by atoms with Crippen molar-refractivity contribution in [2.24, 2.45) is 27.6 Å². The number of hydrazine groups is 1. The van der Waals surface area contributed by atoms with Crippen molar-refractivity contribution in [1.29, 1.82) is 0 Å². The van der Waals surface area contributed by atoms with Crippen molar-refractivity contribution in [2.75, 3.05) is 12.3 Å². The largest absolute Gasteiger partial charge is 0.449 e. The fourth-order valence-electron chi connectivity index (χ4n) is 3.23. The second kappa shape index (κ2) is 9.06. The summed E-state index contributed by atoms with van der Waals surface area (Å²) in [4.78, 5) is 4.99. The molecular weight excluding hydrogens is 485 g/mol. The van der Waals surface area contributed by atoms with Crippen LogP contribution in [0.25, 0.3) is 22.2 Å². The number of imidazole rings is 1. The third-order valence-electron chi connectivity index (χ3n) is 4.47. The number of amidine groups is 1.